The number of benzene rings is 1. The quantitative estimate of drug-likeness (QED) is 0.752. The molecule has 2 aliphatic rings. The number of hydrogen-bond acceptors (Lipinski definition) is 4. The van der Waals surface area contributed by atoms with Crippen LogP contribution in [0.2, 0.25) is 5.02 Å². The summed E-state index contributed by atoms with van der Waals surface area (Å²) in [5.74, 6) is 0. The molecule has 1 aromatic rings. The molecule has 6 nitrogen and oxygen atoms in total. The highest BCUT2D eigenvalue weighted by Gasteiger charge is 2.22. The minimum Gasteiger partial charge on any atom is -0.367 e. The number of carbonyl (C=O) groups is 1. The summed E-state index contributed by atoms with van der Waals surface area (Å²) >= 11 is 6.28. The molecule has 0 radical (unpaired) electrons. The number of carbonyl (C=O) groups excluding carboxylic acids is 1. The number of anilines is 1. The van der Waals surface area contributed by atoms with Crippen molar-refractivity contribution in [3.05, 3.63) is 29.3 Å². The van der Waals surface area contributed by atoms with Gasteiger partial charge in [-0.25, -0.2) is 4.79 Å². The van der Waals surface area contributed by atoms with E-state index in [0.29, 0.717) is 0 Å². The van der Waals surface area contributed by atoms with Gasteiger partial charge < -0.3 is 24.9 Å². The van der Waals surface area contributed by atoms with Crippen LogP contribution in [0.1, 0.15) is 12.8 Å². The van der Waals surface area contributed by atoms with Crippen LogP contribution in [0.25, 0.3) is 0 Å². The Bertz CT molecular complexity index is 598. The van der Waals surface area contributed by atoms with Gasteiger partial charge in [0.15, 0.2) is 0 Å². The lowest BCUT2D eigenvalue weighted by atomic mass is 10.2. The topological polar surface area (TPSA) is 42.1 Å². The Kier molecular flexibility index (Phi) is 7.61. The van der Waals surface area contributed by atoms with Crippen LogP contribution >= 0.6 is 11.6 Å². The lowest BCUT2D eigenvalue weighted by molar-refractivity contribution is 0.152. The lowest BCUT2D eigenvalue weighted by Crippen LogP contribution is -2.52. The number of nitrogens with one attached hydrogen (secondary N) is 1. The maximum atomic E-state index is 12.4. The van der Waals surface area contributed by atoms with Crippen molar-refractivity contribution in [3.63, 3.8) is 0 Å². The monoisotopic (exact) mass is 393 g/mol. The first-order chi connectivity index (χ1) is 13.1. The highest BCUT2D eigenvalue weighted by Crippen LogP contribution is 2.25. The second-order valence-electron chi connectivity index (χ2n) is 7.51. The number of nitrogens with zero attached hydrogens (tertiary/aromatic N) is 4. The van der Waals surface area contributed by atoms with Crippen molar-refractivity contribution < 1.29 is 4.79 Å². The number of likely N-dealkylation sites (N-methyl/N-ethyl adjacent to an activating group) is 1. The van der Waals surface area contributed by atoms with Crippen LogP contribution in [0.3, 0.4) is 0 Å². The summed E-state index contributed by atoms with van der Waals surface area (Å²) in [6.45, 7) is 9.67. The van der Waals surface area contributed by atoms with Crippen LogP contribution in [-0.4, -0.2) is 93.2 Å². The number of unbranched alkanes of at least 4 members (excludes halogenated alkanes) is 1. The summed E-state index contributed by atoms with van der Waals surface area (Å²) in [7, 11) is 2.18. The second-order valence-corrected chi connectivity index (χ2v) is 7.92. The fourth-order valence-electron chi connectivity index (χ4n) is 3.70. The highest BCUT2D eigenvalue weighted by atomic mass is 35.5. The van der Waals surface area contributed by atoms with E-state index in [1.54, 1.807) is 0 Å². The Morgan fingerprint density at radius 2 is 1.70 bits per heavy atom. The standard InChI is InChI=1S/C20H32ClN5O/c1-23-10-12-24(13-11-23)9-5-4-8-22-20(27)26-16-14-25(15-17-26)19-7-3-2-6-18(19)21/h2-3,6-7H,4-5,8-17H2,1H3,(H,22,27). The summed E-state index contributed by atoms with van der Waals surface area (Å²) in [5, 5.41) is 3.85. The molecule has 27 heavy (non-hydrogen) atoms. The Morgan fingerprint density at radius 1 is 1.00 bits per heavy atom. The molecule has 0 bridgehead atoms. The van der Waals surface area contributed by atoms with Gasteiger partial charge >= 0.3 is 6.03 Å². The van der Waals surface area contributed by atoms with Crippen molar-refractivity contribution in [2.75, 3.05) is 77.4 Å². The van der Waals surface area contributed by atoms with E-state index in [1.807, 2.05) is 29.2 Å². The van der Waals surface area contributed by atoms with Crippen molar-refractivity contribution >= 4 is 23.3 Å². The second kappa shape index (κ2) is 10.2. The van der Waals surface area contributed by atoms with Gasteiger partial charge in [0.25, 0.3) is 0 Å². The van der Waals surface area contributed by atoms with E-state index in [0.717, 1.165) is 75.9 Å². The van der Waals surface area contributed by atoms with Crippen LogP contribution in [0.5, 0.6) is 0 Å². The van der Waals surface area contributed by atoms with Crippen LogP contribution in [-0.2, 0) is 0 Å². The molecule has 7 heteroatoms. The third kappa shape index (κ3) is 5.99. The van der Waals surface area contributed by atoms with E-state index >= 15 is 0 Å². The highest BCUT2D eigenvalue weighted by molar-refractivity contribution is 6.33. The van der Waals surface area contributed by atoms with Crippen molar-refractivity contribution in [3.8, 4) is 0 Å². The number of urea groups is 1. The minimum absolute atomic E-state index is 0.0633. The number of hydrogen-bond donors (Lipinski definition) is 1. The van der Waals surface area contributed by atoms with E-state index in [-0.39, 0.29) is 6.03 Å². The maximum Gasteiger partial charge on any atom is 0.317 e. The maximum absolute atomic E-state index is 12.4. The largest absolute Gasteiger partial charge is 0.367 e. The normalized spacial score (nSPS) is 19.3. The molecule has 0 spiro atoms. The number of rotatable bonds is 6. The molecule has 0 atom stereocenters. The van der Waals surface area contributed by atoms with E-state index in [9.17, 15) is 4.79 Å². The van der Waals surface area contributed by atoms with Crippen LogP contribution in [0.4, 0.5) is 10.5 Å². The molecular formula is C20H32ClN5O. The fraction of sp³-hybridized carbons (Fsp3) is 0.650. The van der Waals surface area contributed by atoms with Gasteiger partial charge in [0.05, 0.1) is 10.7 Å². The average Bonchev–Trinajstić information content (AvgIpc) is 2.69. The first kappa shape index (κ1) is 20.2. The van der Waals surface area contributed by atoms with Gasteiger partial charge in [-0.15, -0.1) is 0 Å². The van der Waals surface area contributed by atoms with E-state index in [1.165, 1.54) is 13.1 Å². The van der Waals surface area contributed by atoms with Crippen LogP contribution < -0.4 is 10.2 Å². The van der Waals surface area contributed by atoms with Gasteiger partial charge in [-0.1, -0.05) is 23.7 Å². The Labute approximate surface area is 168 Å². The summed E-state index contributed by atoms with van der Waals surface area (Å²) in [6.07, 6.45) is 2.18. The van der Waals surface area contributed by atoms with Gasteiger partial charge in [-0.3, -0.25) is 0 Å². The van der Waals surface area contributed by atoms with E-state index < -0.39 is 0 Å². The van der Waals surface area contributed by atoms with Gasteiger partial charge in [0.2, 0.25) is 0 Å². The minimum atomic E-state index is 0.0633. The van der Waals surface area contributed by atoms with E-state index in [2.05, 4.69) is 27.1 Å². The van der Waals surface area contributed by atoms with Gasteiger partial charge in [-0.2, -0.15) is 0 Å². The average molecular weight is 394 g/mol. The third-order valence-corrected chi connectivity index (χ3v) is 5.85. The summed E-state index contributed by atoms with van der Waals surface area (Å²) in [5.41, 5.74) is 1.06. The molecule has 0 saturated carbocycles. The number of piperazine rings is 2. The number of para-hydroxylation sites is 1. The molecule has 150 valence electrons. The summed E-state index contributed by atoms with van der Waals surface area (Å²) in [6, 6.07) is 7.96. The molecule has 3 rings (SSSR count). The molecule has 2 fully saturated rings. The fourth-order valence-corrected chi connectivity index (χ4v) is 3.95. The van der Waals surface area contributed by atoms with Crippen molar-refractivity contribution in [1.29, 1.82) is 0 Å². The molecule has 1 N–H and O–H groups in total. The summed E-state index contributed by atoms with van der Waals surface area (Å²) < 4.78 is 0. The number of halogens is 1. The molecule has 0 aromatic heterocycles. The van der Waals surface area contributed by atoms with Crippen molar-refractivity contribution in [2.24, 2.45) is 0 Å². The molecular weight excluding hydrogens is 362 g/mol. The Morgan fingerprint density at radius 3 is 2.41 bits per heavy atom. The predicted octanol–water partition coefficient (Wildman–Crippen LogP) is 2.20. The van der Waals surface area contributed by atoms with Gasteiger partial charge in [0.1, 0.15) is 0 Å². The predicted molar refractivity (Wildman–Crippen MR) is 112 cm³/mol. The summed E-state index contributed by atoms with van der Waals surface area (Å²) in [4.78, 5) is 21.4. The zero-order valence-electron chi connectivity index (χ0n) is 16.4. The molecule has 0 unspecified atom stereocenters. The third-order valence-electron chi connectivity index (χ3n) is 5.53. The van der Waals surface area contributed by atoms with Crippen LogP contribution in [0, 0.1) is 0 Å². The number of amides is 2. The zero-order chi connectivity index (χ0) is 19.1. The SMILES string of the molecule is CN1CCN(CCCCNC(=O)N2CCN(c3ccccc3Cl)CC2)CC1. The first-order valence-corrected chi connectivity index (χ1v) is 10.4. The molecule has 2 aliphatic heterocycles. The molecule has 2 amide bonds. The van der Waals surface area contributed by atoms with Crippen molar-refractivity contribution in [1.82, 2.24) is 20.0 Å². The molecule has 2 saturated heterocycles. The van der Waals surface area contributed by atoms with Crippen LogP contribution in [0.15, 0.2) is 24.3 Å². The smallest absolute Gasteiger partial charge is 0.317 e. The Balaban J connectivity index is 1.29. The van der Waals surface area contributed by atoms with Gasteiger partial charge in [-0.05, 0) is 38.6 Å². The Hall–Kier alpha value is -1.50. The first-order valence-electron chi connectivity index (χ1n) is 10.1. The molecule has 2 heterocycles. The zero-order valence-corrected chi connectivity index (χ0v) is 17.1. The lowest BCUT2D eigenvalue weighted by Gasteiger charge is -2.36. The van der Waals surface area contributed by atoms with E-state index in [4.69, 9.17) is 11.6 Å². The molecule has 0 aliphatic carbocycles. The van der Waals surface area contributed by atoms with Crippen molar-refractivity contribution in [2.45, 2.75) is 12.8 Å². The van der Waals surface area contributed by atoms with Gasteiger partial charge in [0, 0.05) is 58.9 Å². The molecule has 1 aromatic carbocycles.